The molecule has 1 amide bonds. The molecule has 2 saturated heterocycles. The maximum absolute atomic E-state index is 11.5. The molecule has 0 bridgehead atoms. The van der Waals surface area contributed by atoms with Crippen molar-refractivity contribution in [1.29, 1.82) is 0 Å². The summed E-state index contributed by atoms with van der Waals surface area (Å²) >= 11 is 0. The molecule has 0 aliphatic carbocycles. The molecule has 0 saturated carbocycles. The van der Waals surface area contributed by atoms with Crippen LogP contribution in [0.15, 0.2) is 29.3 Å². The molecule has 2 aliphatic heterocycles. The second-order valence-corrected chi connectivity index (χ2v) is 8.53. The predicted molar refractivity (Wildman–Crippen MR) is 129 cm³/mol. The number of guanidine groups is 1. The van der Waals surface area contributed by atoms with Gasteiger partial charge in [0.15, 0.2) is 5.96 Å². The van der Waals surface area contributed by atoms with E-state index >= 15 is 0 Å². The average molecular weight is 445 g/mol. The number of nitrogens with zero attached hydrogens (tertiary/aromatic N) is 4. The van der Waals surface area contributed by atoms with Gasteiger partial charge in [0, 0.05) is 52.7 Å². The lowest BCUT2D eigenvalue weighted by Crippen LogP contribution is -2.50. The minimum Gasteiger partial charge on any atom is -0.497 e. The molecule has 0 aromatic heterocycles. The number of methoxy groups -OCH3 is 1. The highest BCUT2D eigenvalue weighted by Crippen LogP contribution is 2.27. The largest absolute Gasteiger partial charge is 0.497 e. The molecule has 0 spiro atoms. The summed E-state index contributed by atoms with van der Waals surface area (Å²) in [5.41, 5.74) is 1.26. The fraction of sp³-hybridized carbons (Fsp3) is 0.667. The van der Waals surface area contributed by atoms with E-state index in [2.05, 4.69) is 45.6 Å². The molecule has 1 atom stereocenters. The fourth-order valence-corrected chi connectivity index (χ4v) is 4.47. The number of hydrogen-bond acceptors (Lipinski definition) is 5. The van der Waals surface area contributed by atoms with Crippen molar-refractivity contribution in [2.45, 2.75) is 32.7 Å². The molecule has 3 rings (SSSR count). The van der Waals surface area contributed by atoms with Crippen LogP contribution in [0.4, 0.5) is 0 Å². The van der Waals surface area contributed by atoms with Gasteiger partial charge < -0.3 is 20.3 Å². The Morgan fingerprint density at radius 2 is 1.88 bits per heavy atom. The van der Waals surface area contributed by atoms with Crippen LogP contribution in [0, 0.1) is 0 Å². The second kappa shape index (κ2) is 12.6. The average Bonchev–Trinajstić information content (AvgIpc) is 3.34. The highest BCUT2D eigenvalue weighted by molar-refractivity contribution is 5.79. The van der Waals surface area contributed by atoms with Gasteiger partial charge in [0.1, 0.15) is 5.75 Å². The smallest absolute Gasteiger partial charge is 0.219 e. The van der Waals surface area contributed by atoms with E-state index < -0.39 is 0 Å². The zero-order chi connectivity index (χ0) is 22.8. The summed E-state index contributed by atoms with van der Waals surface area (Å²) in [4.78, 5) is 23.3. The van der Waals surface area contributed by atoms with Gasteiger partial charge in [-0.3, -0.25) is 19.6 Å². The van der Waals surface area contributed by atoms with E-state index in [-0.39, 0.29) is 11.9 Å². The summed E-state index contributed by atoms with van der Waals surface area (Å²) < 4.78 is 5.46. The van der Waals surface area contributed by atoms with Gasteiger partial charge in [0.2, 0.25) is 5.91 Å². The molecule has 1 unspecified atom stereocenters. The minimum absolute atomic E-state index is 0.174. The van der Waals surface area contributed by atoms with Crippen molar-refractivity contribution >= 4 is 11.9 Å². The Morgan fingerprint density at radius 3 is 2.53 bits per heavy atom. The third-order valence-electron chi connectivity index (χ3n) is 6.36. The summed E-state index contributed by atoms with van der Waals surface area (Å²) in [5, 5.41) is 6.88. The zero-order valence-electron chi connectivity index (χ0n) is 20.0. The summed E-state index contributed by atoms with van der Waals surface area (Å²) in [6.45, 7) is 12.8. The molecule has 2 heterocycles. The summed E-state index contributed by atoms with van der Waals surface area (Å²) in [6.07, 6.45) is 2.50. The number of piperazine rings is 1. The van der Waals surface area contributed by atoms with Crippen LogP contribution in [0.5, 0.6) is 5.75 Å². The molecule has 32 heavy (non-hydrogen) atoms. The van der Waals surface area contributed by atoms with E-state index in [4.69, 9.17) is 9.73 Å². The highest BCUT2D eigenvalue weighted by atomic mass is 16.5. The van der Waals surface area contributed by atoms with Crippen LogP contribution in [0.25, 0.3) is 0 Å². The molecule has 178 valence electrons. The van der Waals surface area contributed by atoms with Gasteiger partial charge in [-0.1, -0.05) is 12.1 Å². The van der Waals surface area contributed by atoms with Gasteiger partial charge in [-0.25, -0.2) is 0 Å². The van der Waals surface area contributed by atoms with Crippen molar-refractivity contribution in [3.63, 3.8) is 0 Å². The van der Waals surface area contributed by atoms with Crippen molar-refractivity contribution in [1.82, 2.24) is 25.3 Å². The molecule has 2 aliphatic rings. The predicted octanol–water partition coefficient (Wildman–Crippen LogP) is 1.55. The first-order valence-electron chi connectivity index (χ1n) is 12.0. The van der Waals surface area contributed by atoms with Crippen molar-refractivity contribution < 1.29 is 9.53 Å². The summed E-state index contributed by atoms with van der Waals surface area (Å²) in [6, 6.07) is 8.63. The number of aliphatic imine (C=N–C) groups is 1. The maximum atomic E-state index is 11.5. The van der Waals surface area contributed by atoms with Gasteiger partial charge in [-0.05, 0) is 50.6 Å². The lowest BCUT2D eigenvalue weighted by molar-refractivity contribution is -0.130. The Labute approximate surface area is 193 Å². The number of likely N-dealkylation sites (tertiary alicyclic amines) is 1. The molecule has 8 nitrogen and oxygen atoms in total. The first-order valence-corrected chi connectivity index (χ1v) is 12.0. The minimum atomic E-state index is 0.174. The van der Waals surface area contributed by atoms with Gasteiger partial charge >= 0.3 is 0 Å². The van der Waals surface area contributed by atoms with Crippen LogP contribution in [0.3, 0.4) is 0 Å². The number of nitrogens with one attached hydrogen (secondary N) is 2. The number of carbonyl (C=O) groups is 1. The first kappa shape index (κ1) is 24.3. The Bertz CT molecular complexity index is 742. The number of hydrogen-bond donors (Lipinski definition) is 2. The van der Waals surface area contributed by atoms with Crippen molar-refractivity contribution in [2.24, 2.45) is 4.99 Å². The number of ether oxygens (including phenoxy) is 1. The van der Waals surface area contributed by atoms with E-state index in [1.807, 2.05) is 11.0 Å². The number of carbonyl (C=O) groups excluding carboxylic acids is 1. The Morgan fingerprint density at radius 1 is 1.12 bits per heavy atom. The van der Waals surface area contributed by atoms with E-state index in [0.717, 1.165) is 70.6 Å². The third kappa shape index (κ3) is 7.10. The summed E-state index contributed by atoms with van der Waals surface area (Å²) in [7, 11) is 1.72. The van der Waals surface area contributed by atoms with Gasteiger partial charge in [-0.2, -0.15) is 0 Å². The van der Waals surface area contributed by atoms with Crippen molar-refractivity contribution in [2.75, 3.05) is 72.6 Å². The number of benzene rings is 1. The highest BCUT2D eigenvalue weighted by Gasteiger charge is 2.24. The molecule has 1 aromatic rings. The number of rotatable bonds is 9. The second-order valence-electron chi connectivity index (χ2n) is 8.53. The SMILES string of the molecule is CCNC(=NCC(c1cccc(OC)c1)N1CCCC1)NCCN1CCN(C(C)=O)CC1. The van der Waals surface area contributed by atoms with Gasteiger partial charge in [0.05, 0.1) is 19.7 Å². The Balaban J connectivity index is 1.57. The Hall–Kier alpha value is -2.32. The zero-order valence-corrected chi connectivity index (χ0v) is 20.0. The molecular weight excluding hydrogens is 404 g/mol. The van der Waals surface area contributed by atoms with Crippen LogP contribution >= 0.6 is 0 Å². The molecule has 0 radical (unpaired) electrons. The third-order valence-corrected chi connectivity index (χ3v) is 6.36. The summed E-state index contributed by atoms with van der Waals surface area (Å²) in [5.74, 6) is 1.93. The lowest BCUT2D eigenvalue weighted by atomic mass is 10.1. The van der Waals surface area contributed by atoms with E-state index in [1.54, 1.807) is 14.0 Å². The standard InChI is InChI=1S/C24H40N6O2/c1-4-25-24(26-10-13-28-14-16-29(17-15-28)20(2)31)27-19-23(30-11-5-6-12-30)21-8-7-9-22(18-21)32-3/h7-9,18,23H,4-6,10-17,19H2,1-3H3,(H2,25,26,27). The molecular formula is C24H40N6O2. The Kier molecular flexibility index (Phi) is 9.62. The van der Waals surface area contributed by atoms with Crippen molar-refractivity contribution in [3.8, 4) is 5.75 Å². The fourth-order valence-electron chi connectivity index (χ4n) is 4.47. The van der Waals surface area contributed by atoms with E-state index in [1.165, 1.54) is 18.4 Å². The topological polar surface area (TPSA) is 72.4 Å². The lowest BCUT2D eigenvalue weighted by Gasteiger charge is -2.34. The van der Waals surface area contributed by atoms with Gasteiger partial charge in [-0.15, -0.1) is 0 Å². The van der Waals surface area contributed by atoms with Crippen LogP contribution < -0.4 is 15.4 Å². The van der Waals surface area contributed by atoms with E-state index in [9.17, 15) is 4.79 Å². The first-order chi connectivity index (χ1) is 15.6. The normalized spacial score (nSPS) is 19.1. The van der Waals surface area contributed by atoms with Crippen LogP contribution in [-0.2, 0) is 4.79 Å². The van der Waals surface area contributed by atoms with Gasteiger partial charge in [0.25, 0.3) is 0 Å². The maximum Gasteiger partial charge on any atom is 0.219 e. The molecule has 2 fully saturated rings. The monoisotopic (exact) mass is 444 g/mol. The van der Waals surface area contributed by atoms with E-state index in [0.29, 0.717) is 6.54 Å². The molecule has 2 N–H and O–H groups in total. The number of amides is 1. The molecule has 1 aromatic carbocycles. The quantitative estimate of drug-likeness (QED) is 0.445. The molecule has 8 heteroatoms. The van der Waals surface area contributed by atoms with Crippen molar-refractivity contribution in [3.05, 3.63) is 29.8 Å². The van der Waals surface area contributed by atoms with Crippen LogP contribution in [-0.4, -0.2) is 99.1 Å². The van der Waals surface area contributed by atoms with Crippen LogP contribution in [0.2, 0.25) is 0 Å². The van der Waals surface area contributed by atoms with Crippen LogP contribution in [0.1, 0.15) is 38.3 Å².